The van der Waals surface area contributed by atoms with Crippen molar-refractivity contribution < 1.29 is 4.74 Å². The maximum Gasteiger partial charge on any atom is 0.0642 e. The van der Waals surface area contributed by atoms with Gasteiger partial charge in [-0.05, 0) is 61.0 Å². The van der Waals surface area contributed by atoms with Crippen LogP contribution < -0.4 is 4.90 Å². The summed E-state index contributed by atoms with van der Waals surface area (Å²) in [6.45, 7) is 5.63. The minimum Gasteiger partial charge on any atom is -0.378 e. The first-order valence-corrected chi connectivity index (χ1v) is 10.4. The van der Waals surface area contributed by atoms with Gasteiger partial charge in [0.1, 0.15) is 0 Å². The summed E-state index contributed by atoms with van der Waals surface area (Å²) in [5.74, 6) is 0. The van der Waals surface area contributed by atoms with Gasteiger partial charge in [0.05, 0.1) is 18.9 Å². The first kappa shape index (κ1) is 18.8. The van der Waals surface area contributed by atoms with Crippen LogP contribution in [0.25, 0.3) is 0 Å². The van der Waals surface area contributed by atoms with Gasteiger partial charge in [0.2, 0.25) is 0 Å². The molecule has 0 atom stereocenters. The number of morpholine rings is 1. The zero-order chi connectivity index (χ0) is 19.2. The van der Waals surface area contributed by atoms with E-state index < -0.39 is 0 Å². The van der Waals surface area contributed by atoms with Crippen molar-refractivity contribution in [1.82, 2.24) is 0 Å². The van der Waals surface area contributed by atoms with Crippen LogP contribution in [0.3, 0.4) is 0 Å². The highest BCUT2D eigenvalue weighted by atomic mass is 32.2. The lowest BCUT2D eigenvalue weighted by Crippen LogP contribution is -2.36. The average Bonchev–Trinajstić information content (AvgIpc) is 2.76. The summed E-state index contributed by atoms with van der Waals surface area (Å²) in [6, 6.07) is 25.6. The summed E-state index contributed by atoms with van der Waals surface area (Å²) in [5, 5.41) is 0. The summed E-state index contributed by atoms with van der Waals surface area (Å²) in [6.07, 6.45) is 1.92. The van der Waals surface area contributed by atoms with Crippen LogP contribution in [0.2, 0.25) is 0 Å². The third kappa shape index (κ3) is 5.03. The molecule has 3 aromatic carbocycles. The molecule has 3 nitrogen and oxygen atoms in total. The largest absolute Gasteiger partial charge is 0.378 e. The van der Waals surface area contributed by atoms with E-state index in [1.165, 1.54) is 21.0 Å². The van der Waals surface area contributed by atoms with Gasteiger partial charge in [-0.15, -0.1) is 0 Å². The van der Waals surface area contributed by atoms with Crippen LogP contribution in [0.15, 0.2) is 87.6 Å². The van der Waals surface area contributed by atoms with Crippen molar-refractivity contribution in [2.75, 3.05) is 31.2 Å². The molecule has 1 aliphatic rings. The Bertz CT molecular complexity index is 912. The maximum atomic E-state index is 5.41. The quantitative estimate of drug-likeness (QED) is 0.522. The highest BCUT2D eigenvalue weighted by Crippen LogP contribution is 2.28. The molecule has 0 amide bonds. The lowest BCUT2D eigenvalue weighted by molar-refractivity contribution is 0.122. The van der Waals surface area contributed by atoms with E-state index >= 15 is 0 Å². The minimum atomic E-state index is 0.804. The van der Waals surface area contributed by atoms with Gasteiger partial charge in [-0.25, -0.2) is 0 Å². The third-order valence-corrected chi connectivity index (χ3v) is 5.74. The van der Waals surface area contributed by atoms with Crippen LogP contribution in [0.1, 0.15) is 11.1 Å². The lowest BCUT2D eigenvalue weighted by Gasteiger charge is -2.28. The molecule has 3 aromatic rings. The number of hydrogen-bond donors (Lipinski definition) is 0. The van der Waals surface area contributed by atoms with Crippen LogP contribution in [0.5, 0.6) is 0 Å². The van der Waals surface area contributed by atoms with E-state index in [-0.39, 0.29) is 0 Å². The molecule has 142 valence electrons. The second kappa shape index (κ2) is 9.09. The van der Waals surface area contributed by atoms with Gasteiger partial charge >= 0.3 is 0 Å². The molecular formula is C24H24N2OS. The lowest BCUT2D eigenvalue weighted by atomic mass is 10.2. The Morgan fingerprint density at radius 2 is 1.43 bits per heavy atom. The molecule has 0 bridgehead atoms. The highest BCUT2D eigenvalue weighted by Gasteiger charge is 2.10. The number of benzene rings is 3. The minimum absolute atomic E-state index is 0.804. The molecule has 4 rings (SSSR count). The van der Waals surface area contributed by atoms with Crippen LogP contribution in [0, 0.1) is 6.92 Å². The number of rotatable bonds is 5. The molecule has 0 aromatic heterocycles. The average molecular weight is 389 g/mol. The van der Waals surface area contributed by atoms with Gasteiger partial charge < -0.3 is 9.64 Å². The van der Waals surface area contributed by atoms with Gasteiger partial charge in [-0.1, -0.05) is 41.6 Å². The van der Waals surface area contributed by atoms with Crippen molar-refractivity contribution in [3.8, 4) is 0 Å². The summed E-state index contributed by atoms with van der Waals surface area (Å²) >= 11 is 1.78. The van der Waals surface area contributed by atoms with Crippen molar-refractivity contribution in [3.05, 3.63) is 83.9 Å². The highest BCUT2D eigenvalue weighted by molar-refractivity contribution is 7.99. The number of aliphatic imine (C=N–C) groups is 1. The summed E-state index contributed by atoms with van der Waals surface area (Å²) in [7, 11) is 0. The molecule has 0 radical (unpaired) electrons. The maximum absolute atomic E-state index is 5.41. The van der Waals surface area contributed by atoms with E-state index in [1.54, 1.807) is 11.8 Å². The third-order valence-electron chi connectivity index (χ3n) is 4.73. The number of anilines is 1. The second-order valence-corrected chi connectivity index (χ2v) is 8.01. The Morgan fingerprint density at radius 1 is 0.821 bits per heavy atom. The first-order valence-electron chi connectivity index (χ1n) is 9.58. The predicted molar refractivity (Wildman–Crippen MR) is 118 cm³/mol. The van der Waals surface area contributed by atoms with Crippen molar-refractivity contribution in [1.29, 1.82) is 0 Å². The number of nitrogens with zero attached hydrogens (tertiary/aromatic N) is 2. The Morgan fingerprint density at radius 3 is 2.07 bits per heavy atom. The van der Waals surface area contributed by atoms with Crippen LogP contribution in [0.4, 0.5) is 11.4 Å². The van der Waals surface area contributed by atoms with E-state index in [0.29, 0.717) is 0 Å². The molecule has 1 saturated heterocycles. The van der Waals surface area contributed by atoms with Crippen molar-refractivity contribution in [2.24, 2.45) is 4.99 Å². The molecule has 1 heterocycles. The molecule has 28 heavy (non-hydrogen) atoms. The van der Waals surface area contributed by atoms with Gasteiger partial charge in [0.15, 0.2) is 0 Å². The molecule has 0 N–H and O–H groups in total. The van der Waals surface area contributed by atoms with Crippen molar-refractivity contribution in [2.45, 2.75) is 16.7 Å². The van der Waals surface area contributed by atoms with Crippen LogP contribution in [-0.4, -0.2) is 32.5 Å². The van der Waals surface area contributed by atoms with E-state index in [0.717, 1.165) is 37.6 Å². The topological polar surface area (TPSA) is 24.8 Å². The zero-order valence-electron chi connectivity index (χ0n) is 16.0. The first-order chi connectivity index (χ1) is 13.8. The van der Waals surface area contributed by atoms with Crippen molar-refractivity contribution in [3.63, 3.8) is 0 Å². The Hall–Kier alpha value is -2.56. The summed E-state index contributed by atoms with van der Waals surface area (Å²) in [5.41, 5.74) is 4.59. The normalized spacial score (nSPS) is 14.5. The summed E-state index contributed by atoms with van der Waals surface area (Å²) < 4.78 is 5.41. The Labute approximate surface area is 171 Å². The van der Waals surface area contributed by atoms with Gasteiger partial charge in [-0.2, -0.15) is 0 Å². The van der Waals surface area contributed by atoms with E-state index in [4.69, 9.17) is 4.74 Å². The standard InChI is InChI=1S/C24H24N2OS/c1-19-2-10-23(11-3-19)28-24-12-4-20(5-13-24)18-25-21-6-8-22(9-7-21)26-14-16-27-17-15-26/h2-13,18H,14-17H2,1H3. The van der Waals surface area contributed by atoms with E-state index in [9.17, 15) is 0 Å². The molecule has 0 unspecified atom stereocenters. The molecular weight excluding hydrogens is 364 g/mol. The fourth-order valence-corrected chi connectivity index (χ4v) is 3.90. The molecule has 1 fully saturated rings. The van der Waals surface area contributed by atoms with Crippen LogP contribution in [-0.2, 0) is 4.74 Å². The zero-order valence-corrected chi connectivity index (χ0v) is 16.9. The van der Waals surface area contributed by atoms with E-state index in [1.807, 2.05) is 6.21 Å². The summed E-state index contributed by atoms with van der Waals surface area (Å²) in [4.78, 5) is 9.45. The van der Waals surface area contributed by atoms with Crippen LogP contribution >= 0.6 is 11.8 Å². The fraction of sp³-hybridized carbons (Fsp3) is 0.208. The number of ether oxygens (including phenoxy) is 1. The van der Waals surface area contributed by atoms with Crippen molar-refractivity contribution >= 4 is 29.4 Å². The predicted octanol–water partition coefficient (Wildman–Crippen LogP) is 5.73. The molecule has 4 heteroatoms. The Balaban J connectivity index is 1.37. The molecule has 1 aliphatic heterocycles. The SMILES string of the molecule is Cc1ccc(Sc2ccc(C=Nc3ccc(N4CCOCC4)cc3)cc2)cc1. The monoisotopic (exact) mass is 388 g/mol. The van der Waals surface area contributed by atoms with Gasteiger partial charge in [0, 0.05) is 34.8 Å². The van der Waals surface area contributed by atoms with E-state index in [2.05, 4.69) is 89.6 Å². The molecule has 0 spiro atoms. The van der Waals surface area contributed by atoms with Gasteiger partial charge in [0.25, 0.3) is 0 Å². The number of hydrogen-bond acceptors (Lipinski definition) is 4. The molecule has 0 saturated carbocycles. The number of aryl methyl sites for hydroxylation is 1. The molecule has 0 aliphatic carbocycles. The second-order valence-electron chi connectivity index (χ2n) is 6.86. The van der Waals surface area contributed by atoms with Gasteiger partial charge in [-0.3, -0.25) is 4.99 Å². The Kier molecular flexibility index (Phi) is 6.10. The fourth-order valence-electron chi connectivity index (χ4n) is 3.08. The smallest absolute Gasteiger partial charge is 0.0642 e.